The largest absolute Gasteiger partial charge is 0.479 e. The second-order valence-electron chi connectivity index (χ2n) is 27.3. The van der Waals surface area contributed by atoms with Crippen LogP contribution in [-0.4, -0.2) is 247 Å². The van der Waals surface area contributed by atoms with Gasteiger partial charge in [0, 0.05) is 94.9 Å². The highest BCUT2D eigenvalue weighted by molar-refractivity contribution is 7.80. The molecule has 4 fully saturated rings. The van der Waals surface area contributed by atoms with Gasteiger partial charge in [0.25, 0.3) is 0 Å². The van der Waals surface area contributed by atoms with Crippen LogP contribution >= 0.6 is 0 Å². The van der Waals surface area contributed by atoms with Crippen LogP contribution in [0.25, 0.3) is 0 Å². The maximum atomic E-state index is 12.5. The van der Waals surface area contributed by atoms with Crippen molar-refractivity contribution in [2.24, 2.45) is 17.3 Å². The molecule has 4 saturated heterocycles. The summed E-state index contributed by atoms with van der Waals surface area (Å²) >= 11 is 0. The smallest absolute Gasteiger partial charge is 0.397 e. The van der Waals surface area contributed by atoms with Gasteiger partial charge in [-0.15, -0.1) is 0 Å². The number of ether oxygens (including phenoxy) is 10. The van der Waals surface area contributed by atoms with Gasteiger partial charge in [-0.3, -0.25) is 23.7 Å². The predicted molar refractivity (Wildman–Crippen MR) is 350 cm³/mol. The van der Waals surface area contributed by atoms with E-state index in [1.807, 2.05) is 13.8 Å². The van der Waals surface area contributed by atoms with Crippen molar-refractivity contribution in [3.05, 3.63) is 0 Å². The molecule has 0 aliphatic carbocycles. The maximum absolute atomic E-state index is 12.5. The van der Waals surface area contributed by atoms with Crippen LogP contribution in [0.1, 0.15) is 214 Å². The van der Waals surface area contributed by atoms with Gasteiger partial charge in [-0.2, -0.15) is 8.42 Å². The second kappa shape index (κ2) is 46.9. The number of Topliss-reactive ketones (excluding diaryl/α,β-unsaturated/α-hetero) is 2. The molecule has 11 N–H and O–H groups in total. The number of carbonyl (C=O) groups excluding carboxylic acids is 4. The Bertz CT molecular complexity index is 2410. The Balaban J connectivity index is 0.867. The summed E-state index contributed by atoms with van der Waals surface area (Å²) in [6, 6.07) is 0. The number of aliphatic hydroxyl groups is 6. The standard InChI is InChI=1S/C67H118N2O28S/c1-6-49-57(78)55(76)43(2)65(92-49)96-59-47(72)38-53(94-61(59)63(80)81)89-34-24-16-14-22-32-68-51(74)28-20-12-8-7-10-18-26-45(70)30-36-87-41-67(4,5)42-88-37-31-46(71)27-19-11-9-13-21-29-52(75)69-33-23-15-17-25-35-90-54-39-48(73)60(62(95-54)64(82)83)97-66-44(3)56(77)58(79)50(93-66)40-91-98(84,85)86/h43-44,47-50,53-62,65-66,72-73,76-79H,6-42H2,1-5H3,(H,68,74)(H,69,75)(H,80,81)(H,82,83)(H,84,85,86). The Labute approximate surface area is 577 Å². The molecule has 98 heavy (non-hydrogen) atoms. The molecular weight excluding hydrogens is 1310 g/mol. The summed E-state index contributed by atoms with van der Waals surface area (Å²) in [7, 11) is -4.90. The van der Waals surface area contributed by atoms with Crippen LogP contribution in [0.5, 0.6) is 0 Å². The van der Waals surface area contributed by atoms with Crippen molar-refractivity contribution >= 4 is 45.7 Å². The van der Waals surface area contributed by atoms with Crippen LogP contribution in [-0.2, 0) is 90.7 Å². The third kappa shape index (κ3) is 33.7. The summed E-state index contributed by atoms with van der Waals surface area (Å²) in [5.41, 5.74) is -0.281. The lowest BCUT2D eigenvalue weighted by Gasteiger charge is -2.45. The fourth-order valence-corrected chi connectivity index (χ4v) is 12.3. The summed E-state index contributed by atoms with van der Waals surface area (Å²) < 4.78 is 92.5. The van der Waals surface area contributed by atoms with Gasteiger partial charge in [0.1, 0.15) is 42.1 Å². The monoisotopic (exact) mass is 1430 g/mol. The molecule has 0 bridgehead atoms. The van der Waals surface area contributed by atoms with E-state index in [0.717, 1.165) is 109 Å². The number of aliphatic hydroxyl groups excluding tert-OH is 6. The number of aliphatic carboxylic acids is 2. The van der Waals surface area contributed by atoms with Gasteiger partial charge in [-0.05, 0) is 57.8 Å². The van der Waals surface area contributed by atoms with Crippen LogP contribution in [0, 0.1) is 17.3 Å². The Morgan fingerprint density at radius 2 is 0.847 bits per heavy atom. The Morgan fingerprint density at radius 3 is 1.24 bits per heavy atom. The van der Waals surface area contributed by atoms with E-state index >= 15 is 0 Å². The van der Waals surface area contributed by atoms with E-state index in [1.54, 1.807) is 13.8 Å². The molecule has 0 radical (unpaired) electrons. The molecular formula is C67H118N2O28S. The fourth-order valence-electron chi connectivity index (χ4n) is 12.0. The zero-order valence-corrected chi connectivity index (χ0v) is 59.1. The first kappa shape index (κ1) is 86.9. The molecule has 0 aromatic heterocycles. The molecule has 570 valence electrons. The molecule has 4 aliphatic heterocycles. The van der Waals surface area contributed by atoms with Crippen molar-refractivity contribution in [2.75, 3.05) is 59.3 Å². The van der Waals surface area contributed by atoms with Crippen molar-refractivity contribution in [3.63, 3.8) is 0 Å². The zero-order valence-electron chi connectivity index (χ0n) is 58.2. The molecule has 0 saturated carbocycles. The van der Waals surface area contributed by atoms with Gasteiger partial charge < -0.3 is 98.9 Å². The lowest BCUT2D eigenvalue weighted by atomic mass is 9.91. The number of rotatable bonds is 53. The van der Waals surface area contributed by atoms with Gasteiger partial charge in [0.2, 0.25) is 11.8 Å². The summed E-state index contributed by atoms with van der Waals surface area (Å²) in [4.78, 5) is 73.9. The van der Waals surface area contributed by atoms with Crippen molar-refractivity contribution < 1.29 is 134 Å². The molecule has 0 aromatic carbocycles. The number of nitrogens with one attached hydrogen (secondary N) is 2. The molecule has 0 spiro atoms. The first-order valence-corrected chi connectivity index (χ1v) is 37.0. The quantitative estimate of drug-likeness (QED) is 0.0295. The molecule has 31 heteroatoms. The fraction of sp³-hybridized carbons (Fsp3) is 0.910. The van der Waals surface area contributed by atoms with Crippen LogP contribution in [0.4, 0.5) is 0 Å². The number of carboxylic acid groups (broad SMARTS) is 2. The van der Waals surface area contributed by atoms with E-state index in [4.69, 9.17) is 51.9 Å². The molecule has 4 rings (SSSR count). The van der Waals surface area contributed by atoms with Crippen LogP contribution in [0.15, 0.2) is 0 Å². The SMILES string of the molecule is CCC1OC(OC2C(O)CC(OCCCCCCNC(=O)CCCCCCCCC(=O)CCOCC(C)(C)COCCC(=O)CCCCCCCC(=O)NCCCCCCOC3CC(O)C(OC4OC(COS(=O)(=O)O)C(O)C(O)C4C)C(C(=O)O)O3)OC2C(=O)O)C(C)C(O)C1O. The molecule has 18 unspecified atom stereocenters. The minimum atomic E-state index is -4.90. The van der Waals surface area contributed by atoms with E-state index in [-0.39, 0.29) is 48.2 Å². The molecule has 2 amide bonds. The van der Waals surface area contributed by atoms with E-state index in [1.165, 1.54) is 6.92 Å². The average Bonchev–Trinajstić information content (AvgIpc) is 0.802. The van der Waals surface area contributed by atoms with Gasteiger partial charge in [-0.25, -0.2) is 13.8 Å². The minimum absolute atomic E-state index is 0.0157. The molecule has 0 aromatic rings. The van der Waals surface area contributed by atoms with E-state index in [0.29, 0.717) is 104 Å². The first-order valence-electron chi connectivity index (χ1n) is 35.6. The Morgan fingerprint density at radius 1 is 0.480 bits per heavy atom. The van der Waals surface area contributed by atoms with Gasteiger partial charge in [-0.1, -0.05) is 105 Å². The molecule has 4 aliphatic rings. The van der Waals surface area contributed by atoms with Crippen LogP contribution in [0.2, 0.25) is 0 Å². The second-order valence-corrected chi connectivity index (χ2v) is 28.4. The van der Waals surface area contributed by atoms with Gasteiger partial charge >= 0.3 is 22.3 Å². The van der Waals surface area contributed by atoms with Gasteiger partial charge in [0.05, 0.1) is 63.6 Å². The Hall–Kier alpha value is -3.55. The summed E-state index contributed by atoms with van der Waals surface area (Å²) in [5, 5.41) is 88.9. The minimum Gasteiger partial charge on any atom is -0.479 e. The summed E-state index contributed by atoms with van der Waals surface area (Å²) in [5.74, 6) is -4.10. The van der Waals surface area contributed by atoms with Crippen LogP contribution < -0.4 is 10.6 Å². The third-order valence-corrected chi connectivity index (χ3v) is 18.5. The van der Waals surface area contributed by atoms with Crippen molar-refractivity contribution in [2.45, 2.75) is 313 Å². The van der Waals surface area contributed by atoms with Gasteiger partial charge in [0.15, 0.2) is 37.4 Å². The van der Waals surface area contributed by atoms with Crippen molar-refractivity contribution in [1.82, 2.24) is 10.6 Å². The van der Waals surface area contributed by atoms with Crippen molar-refractivity contribution in [1.29, 1.82) is 0 Å². The number of hydrogen-bond acceptors (Lipinski definition) is 25. The number of carbonyl (C=O) groups is 6. The molecule has 4 heterocycles. The summed E-state index contributed by atoms with van der Waals surface area (Å²) in [6.45, 7) is 11.1. The topological polar surface area (TPSA) is 444 Å². The lowest BCUT2D eigenvalue weighted by molar-refractivity contribution is -0.329. The van der Waals surface area contributed by atoms with Crippen molar-refractivity contribution in [3.8, 4) is 0 Å². The number of hydrogen-bond donors (Lipinski definition) is 11. The Kier molecular flexibility index (Phi) is 41.6. The highest BCUT2D eigenvalue weighted by Crippen LogP contribution is 2.35. The third-order valence-electron chi connectivity index (χ3n) is 18.1. The average molecular weight is 1430 g/mol. The normalized spacial score (nSPS) is 29.3. The predicted octanol–water partition coefficient (Wildman–Crippen LogP) is 4.49. The zero-order chi connectivity index (χ0) is 72.2. The summed E-state index contributed by atoms with van der Waals surface area (Å²) in [6.07, 6.45) is -2.03. The number of unbranched alkanes of at least 4 members (excludes halogenated alkanes) is 15. The molecule has 30 nitrogen and oxygen atoms in total. The highest BCUT2D eigenvalue weighted by Gasteiger charge is 2.51. The number of carboxylic acids is 2. The maximum Gasteiger partial charge on any atom is 0.397 e. The first-order chi connectivity index (χ1) is 46.6. The van der Waals surface area contributed by atoms with Crippen LogP contribution in [0.3, 0.4) is 0 Å². The number of amides is 2. The highest BCUT2D eigenvalue weighted by atomic mass is 32.3. The van der Waals surface area contributed by atoms with E-state index < -0.39 is 139 Å². The number of ketones is 2. The van der Waals surface area contributed by atoms with E-state index in [2.05, 4.69) is 14.8 Å². The lowest BCUT2D eigenvalue weighted by Crippen LogP contribution is -2.60. The van der Waals surface area contributed by atoms with E-state index in [9.17, 15) is 78.0 Å². The molecule has 18 atom stereocenters.